The number of anilines is 1. The lowest BCUT2D eigenvalue weighted by Crippen LogP contribution is -2.52. The maximum Gasteiger partial charge on any atom is 0.244 e. The summed E-state index contributed by atoms with van der Waals surface area (Å²) in [6, 6.07) is 14.2. The molecule has 198 valence electrons. The summed E-state index contributed by atoms with van der Waals surface area (Å²) in [5, 5.41) is 2.94. The number of unbranched alkanes of at least 4 members (excludes halogenated alkanes) is 1. The standard InChI is InChI=1S/C28H41N3O4S/c1-7-9-18-29-28(33)26(8-2)30(19-24-13-11-10-12-22(24)5)27(32)20-31(36(6,34)35)25-16-14-23(15-17-25)21(3)4/h10-17,21,26H,7-9,18-20H2,1-6H3,(H,29,33). The van der Waals surface area contributed by atoms with Crippen molar-refractivity contribution in [1.29, 1.82) is 0 Å². The molecule has 0 saturated heterocycles. The fourth-order valence-electron chi connectivity index (χ4n) is 4.04. The first kappa shape index (κ1) is 29.4. The Bertz CT molecular complexity index is 1110. The third kappa shape index (κ3) is 8.08. The van der Waals surface area contributed by atoms with E-state index in [1.54, 1.807) is 12.1 Å². The van der Waals surface area contributed by atoms with Gasteiger partial charge in [0, 0.05) is 13.1 Å². The number of rotatable bonds is 13. The zero-order valence-electron chi connectivity index (χ0n) is 22.5. The summed E-state index contributed by atoms with van der Waals surface area (Å²) < 4.78 is 26.6. The fraction of sp³-hybridized carbons (Fsp3) is 0.500. The summed E-state index contributed by atoms with van der Waals surface area (Å²) >= 11 is 0. The van der Waals surface area contributed by atoms with Crippen LogP contribution in [0.4, 0.5) is 5.69 Å². The van der Waals surface area contributed by atoms with Crippen LogP contribution >= 0.6 is 0 Å². The second kappa shape index (κ2) is 13.4. The first-order valence-electron chi connectivity index (χ1n) is 12.7. The van der Waals surface area contributed by atoms with Gasteiger partial charge in [-0.05, 0) is 54.5 Å². The minimum absolute atomic E-state index is 0.217. The minimum atomic E-state index is -3.75. The number of sulfonamides is 1. The van der Waals surface area contributed by atoms with Gasteiger partial charge in [-0.3, -0.25) is 13.9 Å². The largest absolute Gasteiger partial charge is 0.354 e. The molecule has 1 atom stereocenters. The van der Waals surface area contributed by atoms with E-state index in [1.165, 1.54) is 4.90 Å². The van der Waals surface area contributed by atoms with Gasteiger partial charge in [0.2, 0.25) is 21.8 Å². The van der Waals surface area contributed by atoms with Crippen molar-refractivity contribution in [3.63, 3.8) is 0 Å². The second-order valence-electron chi connectivity index (χ2n) is 9.53. The van der Waals surface area contributed by atoms with Gasteiger partial charge in [0.15, 0.2) is 0 Å². The highest BCUT2D eigenvalue weighted by Gasteiger charge is 2.31. The van der Waals surface area contributed by atoms with Crippen LogP contribution in [0.25, 0.3) is 0 Å². The molecule has 1 unspecified atom stereocenters. The van der Waals surface area contributed by atoms with Crippen LogP contribution in [-0.2, 0) is 26.2 Å². The van der Waals surface area contributed by atoms with Crippen molar-refractivity contribution in [1.82, 2.24) is 10.2 Å². The Balaban J connectivity index is 2.41. The number of nitrogens with zero attached hydrogens (tertiary/aromatic N) is 2. The fourth-order valence-corrected chi connectivity index (χ4v) is 4.89. The van der Waals surface area contributed by atoms with Crippen molar-refractivity contribution in [3.8, 4) is 0 Å². The number of hydrogen-bond acceptors (Lipinski definition) is 4. The zero-order valence-corrected chi connectivity index (χ0v) is 23.3. The van der Waals surface area contributed by atoms with Gasteiger partial charge in [-0.15, -0.1) is 0 Å². The van der Waals surface area contributed by atoms with Crippen LogP contribution in [0.2, 0.25) is 0 Å². The third-order valence-electron chi connectivity index (χ3n) is 6.34. The smallest absolute Gasteiger partial charge is 0.244 e. The Kier molecular flexibility index (Phi) is 11.0. The van der Waals surface area contributed by atoms with Crippen LogP contribution in [0.15, 0.2) is 48.5 Å². The van der Waals surface area contributed by atoms with Gasteiger partial charge in [0.25, 0.3) is 0 Å². The Labute approximate surface area is 216 Å². The summed E-state index contributed by atoms with van der Waals surface area (Å²) in [6.07, 6.45) is 3.30. The van der Waals surface area contributed by atoms with Crippen LogP contribution in [0, 0.1) is 6.92 Å². The number of carbonyl (C=O) groups is 2. The van der Waals surface area contributed by atoms with Crippen LogP contribution in [0.3, 0.4) is 0 Å². The molecule has 2 rings (SSSR count). The Hall–Kier alpha value is -2.87. The topological polar surface area (TPSA) is 86.8 Å². The average molecular weight is 516 g/mol. The first-order valence-corrected chi connectivity index (χ1v) is 14.5. The quantitative estimate of drug-likeness (QED) is 0.395. The monoisotopic (exact) mass is 515 g/mol. The van der Waals surface area contributed by atoms with Crippen molar-refractivity contribution in [2.24, 2.45) is 0 Å². The SMILES string of the molecule is CCCCNC(=O)C(CC)N(Cc1ccccc1C)C(=O)CN(c1ccc(C(C)C)cc1)S(C)(=O)=O. The van der Waals surface area contributed by atoms with E-state index in [1.807, 2.05) is 57.2 Å². The van der Waals surface area contributed by atoms with Crippen molar-refractivity contribution in [2.75, 3.05) is 23.7 Å². The van der Waals surface area contributed by atoms with E-state index in [0.29, 0.717) is 24.6 Å². The highest BCUT2D eigenvalue weighted by molar-refractivity contribution is 7.92. The van der Waals surface area contributed by atoms with E-state index in [-0.39, 0.29) is 19.0 Å². The zero-order chi connectivity index (χ0) is 26.9. The number of hydrogen-bond donors (Lipinski definition) is 1. The molecule has 0 aliphatic carbocycles. The maximum atomic E-state index is 13.7. The second-order valence-corrected chi connectivity index (χ2v) is 11.4. The molecule has 7 nitrogen and oxygen atoms in total. The van der Waals surface area contributed by atoms with Crippen molar-refractivity contribution < 1.29 is 18.0 Å². The number of amides is 2. The summed E-state index contributed by atoms with van der Waals surface area (Å²) in [7, 11) is -3.75. The lowest BCUT2D eigenvalue weighted by molar-refractivity contribution is -0.140. The summed E-state index contributed by atoms with van der Waals surface area (Å²) in [6.45, 7) is 10.4. The molecular formula is C28H41N3O4S. The van der Waals surface area contributed by atoms with E-state index in [9.17, 15) is 18.0 Å². The van der Waals surface area contributed by atoms with Crippen LogP contribution in [0.1, 0.15) is 69.6 Å². The Morgan fingerprint density at radius 1 is 1.00 bits per heavy atom. The van der Waals surface area contributed by atoms with Gasteiger partial charge in [-0.2, -0.15) is 0 Å². The molecule has 0 aliphatic rings. The molecule has 0 heterocycles. The van der Waals surface area contributed by atoms with Crippen molar-refractivity contribution >= 4 is 27.5 Å². The Morgan fingerprint density at radius 3 is 2.17 bits per heavy atom. The van der Waals surface area contributed by atoms with E-state index < -0.39 is 22.0 Å². The summed E-state index contributed by atoms with van der Waals surface area (Å²) in [5.74, 6) is -0.345. The molecular weight excluding hydrogens is 474 g/mol. The average Bonchev–Trinajstić information content (AvgIpc) is 2.83. The third-order valence-corrected chi connectivity index (χ3v) is 7.48. The maximum absolute atomic E-state index is 13.7. The molecule has 2 aromatic rings. The predicted octanol–water partition coefficient (Wildman–Crippen LogP) is 4.61. The number of carbonyl (C=O) groups excluding carboxylic acids is 2. The predicted molar refractivity (Wildman–Crippen MR) is 146 cm³/mol. The van der Waals surface area contributed by atoms with Crippen molar-refractivity contribution in [3.05, 3.63) is 65.2 Å². The summed E-state index contributed by atoms with van der Waals surface area (Å²) in [4.78, 5) is 28.3. The summed E-state index contributed by atoms with van der Waals surface area (Å²) in [5.41, 5.74) is 3.42. The lowest BCUT2D eigenvalue weighted by atomic mass is 10.0. The van der Waals surface area contributed by atoms with Gasteiger partial charge >= 0.3 is 0 Å². The number of aryl methyl sites for hydroxylation is 1. The van der Waals surface area contributed by atoms with Gasteiger partial charge in [0.1, 0.15) is 12.6 Å². The molecule has 1 N–H and O–H groups in total. The van der Waals surface area contributed by atoms with Gasteiger partial charge in [-0.1, -0.05) is 70.5 Å². The number of nitrogens with one attached hydrogen (secondary N) is 1. The highest BCUT2D eigenvalue weighted by Crippen LogP contribution is 2.23. The molecule has 0 saturated carbocycles. The van der Waals surface area contributed by atoms with E-state index in [0.717, 1.165) is 40.1 Å². The molecule has 0 radical (unpaired) electrons. The first-order chi connectivity index (χ1) is 17.0. The van der Waals surface area contributed by atoms with E-state index in [4.69, 9.17) is 0 Å². The van der Waals surface area contributed by atoms with Gasteiger partial charge in [0.05, 0.1) is 11.9 Å². The molecule has 2 amide bonds. The van der Waals surface area contributed by atoms with Crippen LogP contribution in [-0.4, -0.2) is 50.5 Å². The molecule has 36 heavy (non-hydrogen) atoms. The van der Waals surface area contributed by atoms with Gasteiger partial charge in [-0.25, -0.2) is 8.42 Å². The van der Waals surface area contributed by atoms with Crippen LogP contribution < -0.4 is 9.62 Å². The Morgan fingerprint density at radius 2 is 1.64 bits per heavy atom. The highest BCUT2D eigenvalue weighted by atomic mass is 32.2. The number of benzene rings is 2. The minimum Gasteiger partial charge on any atom is -0.354 e. The van der Waals surface area contributed by atoms with Gasteiger partial charge < -0.3 is 10.2 Å². The molecule has 0 bridgehead atoms. The normalized spacial score (nSPS) is 12.3. The molecule has 8 heteroatoms. The molecule has 0 aromatic heterocycles. The molecule has 0 spiro atoms. The molecule has 2 aromatic carbocycles. The van der Waals surface area contributed by atoms with E-state index >= 15 is 0 Å². The van der Waals surface area contributed by atoms with Crippen LogP contribution in [0.5, 0.6) is 0 Å². The van der Waals surface area contributed by atoms with E-state index in [2.05, 4.69) is 19.2 Å². The lowest BCUT2D eigenvalue weighted by Gasteiger charge is -2.33. The molecule has 0 fully saturated rings. The van der Waals surface area contributed by atoms with Crippen molar-refractivity contribution in [2.45, 2.75) is 72.4 Å². The molecule has 0 aliphatic heterocycles.